The van der Waals surface area contributed by atoms with Gasteiger partial charge in [-0.2, -0.15) is 0 Å². The van der Waals surface area contributed by atoms with E-state index in [0.29, 0.717) is 16.5 Å². The smallest absolute Gasteiger partial charge is 0.358 e. The van der Waals surface area contributed by atoms with E-state index in [0.717, 1.165) is 0 Å². The molecular formula is C12H10ClN3O3. The Morgan fingerprint density at radius 2 is 2.16 bits per heavy atom. The summed E-state index contributed by atoms with van der Waals surface area (Å²) < 4.78 is 9.97. The zero-order valence-corrected chi connectivity index (χ0v) is 10.7. The molecule has 0 radical (unpaired) electrons. The number of benzene rings is 1. The van der Waals surface area contributed by atoms with E-state index in [9.17, 15) is 4.79 Å². The summed E-state index contributed by atoms with van der Waals surface area (Å²) in [5, 5.41) is 0.370. The van der Waals surface area contributed by atoms with E-state index in [-0.39, 0.29) is 11.6 Å². The van der Waals surface area contributed by atoms with Gasteiger partial charge in [-0.25, -0.2) is 9.78 Å². The Hall–Kier alpha value is -2.34. The van der Waals surface area contributed by atoms with E-state index in [4.69, 9.17) is 22.1 Å². The van der Waals surface area contributed by atoms with Crippen LogP contribution in [0.1, 0.15) is 10.5 Å². The summed E-state index contributed by atoms with van der Waals surface area (Å²) >= 11 is 5.87. The number of hydrogen-bond donors (Lipinski definition) is 1. The van der Waals surface area contributed by atoms with Crippen LogP contribution in [0.5, 0.6) is 11.6 Å². The van der Waals surface area contributed by atoms with Crippen LogP contribution >= 0.6 is 11.6 Å². The van der Waals surface area contributed by atoms with E-state index in [2.05, 4.69) is 14.7 Å². The van der Waals surface area contributed by atoms with Crippen molar-refractivity contribution in [1.82, 2.24) is 9.97 Å². The standard InChI is InChI=1S/C12H10ClN3O3/c1-18-12(17)10-5-15-6-11(16-10)19-7-2-3-9(14)8(13)4-7/h2-6H,14H2,1H3. The van der Waals surface area contributed by atoms with E-state index in [1.165, 1.54) is 19.5 Å². The maximum atomic E-state index is 11.3. The van der Waals surface area contributed by atoms with Crippen molar-refractivity contribution in [2.75, 3.05) is 12.8 Å². The molecule has 0 saturated heterocycles. The summed E-state index contributed by atoms with van der Waals surface area (Å²) in [6, 6.07) is 4.78. The number of anilines is 1. The summed E-state index contributed by atoms with van der Waals surface area (Å²) in [5.41, 5.74) is 6.09. The lowest BCUT2D eigenvalue weighted by Crippen LogP contribution is -2.05. The second kappa shape index (κ2) is 5.53. The minimum atomic E-state index is -0.590. The van der Waals surface area contributed by atoms with E-state index in [1.807, 2.05) is 0 Å². The van der Waals surface area contributed by atoms with Gasteiger partial charge in [-0.1, -0.05) is 11.6 Å². The molecular weight excluding hydrogens is 270 g/mol. The van der Waals surface area contributed by atoms with Gasteiger partial charge in [-0.3, -0.25) is 4.98 Å². The average Bonchev–Trinajstić information content (AvgIpc) is 2.42. The van der Waals surface area contributed by atoms with Crippen molar-refractivity contribution in [3.63, 3.8) is 0 Å². The van der Waals surface area contributed by atoms with Crippen LogP contribution in [-0.4, -0.2) is 23.0 Å². The lowest BCUT2D eigenvalue weighted by atomic mass is 10.3. The number of ether oxygens (including phenoxy) is 2. The predicted molar refractivity (Wildman–Crippen MR) is 69.3 cm³/mol. The number of carbonyl (C=O) groups is 1. The van der Waals surface area contributed by atoms with Gasteiger partial charge in [0.15, 0.2) is 5.69 Å². The van der Waals surface area contributed by atoms with Gasteiger partial charge in [0.1, 0.15) is 5.75 Å². The third-order valence-corrected chi connectivity index (χ3v) is 2.53. The normalized spacial score (nSPS) is 10.0. The molecule has 0 fully saturated rings. The quantitative estimate of drug-likeness (QED) is 0.685. The molecule has 1 aromatic heterocycles. The number of aromatic nitrogens is 2. The number of methoxy groups -OCH3 is 1. The lowest BCUT2D eigenvalue weighted by Gasteiger charge is -2.06. The first kappa shape index (κ1) is 13.1. The van der Waals surface area contributed by atoms with Gasteiger partial charge >= 0.3 is 5.97 Å². The highest BCUT2D eigenvalue weighted by Crippen LogP contribution is 2.26. The van der Waals surface area contributed by atoms with Gasteiger partial charge in [0.2, 0.25) is 5.88 Å². The summed E-state index contributed by atoms with van der Waals surface area (Å²) in [6.07, 6.45) is 2.66. The Morgan fingerprint density at radius 1 is 1.37 bits per heavy atom. The van der Waals surface area contributed by atoms with Crippen molar-refractivity contribution in [3.8, 4) is 11.6 Å². The molecule has 6 nitrogen and oxygen atoms in total. The number of nitrogens with zero attached hydrogens (tertiary/aromatic N) is 2. The van der Waals surface area contributed by atoms with Crippen LogP contribution in [0.25, 0.3) is 0 Å². The molecule has 0 amide bonds. The van der Waals surface area contributed by atoms with Crippen molar-refractivity contribution in [1.29, 1.82) is 0 Å². The largest absolute Gasteiger partial charge is 0.464 e. The fourth-order valence-electron chi connectivity index (χ4n) is 1.29. The third kappa shape index (κ3) is 3.11. The van der Waals surface area contributed by atoms with Crippen molar-refractivity contribution in [3.05, 3.63) is 41.3 Å². The molecule has 2 aromatic rings. The molecule has 98 valence electrons. The molecule has 7 heteroatoms. The van der Waals surface area contributed by atoms with Gasteiger partial charge in [0.05, 0.1) is 30.2 Å². The van der Waals surface area contributed by atoms with Crippen LogP contribution < -0.4 is 10.5 Å². The van der Waals surface area contributed by atoms with E-state index < -0.39 is 5.97 Å². The van der Waals surface area contributed by atoms with Gasteiger partial charge in [-0.05, 0) is 12.1 Å². The fourth-order valence-corrected chi connectivity index (χ4v) is 1.46. The Kier molecular flexibility index (Phi) is 3.82. The molecule has 0 aliphatic rings. The molecule has 0 unspecified atom stereocenters. The van der Waals surface area contributed by atoms with Crippen molar-refractivity contribution < 1.29 is 14.3 Å². The molecule has 0 saturated carbocycles. The zero-order valence-electron chi connectivity index (χ0n) is 9.96. The van der Waals surface area contributed by atoms with Gasteiger partial charge < -0.3 is 15.2 Å². The summed E-state index contributed by atoms with van der Waals surface area (Å²) in [6.45, 7) is 0. The number of esters is 1. The van der Waals surface area contributed by atoms with Crippen LogP contribution in [0.3, 0.4) is 0 Å². The maximum Gasteiger partial charge on any atom is 0.358 e. The van der Waals surface area contributed by atoms with E-state index >= 15 is 0 Å². The molecule has 0 aliphatic carbocycles. The highest BCUT2D eigenvalue weighted by atomic mass is 35.5. The van der Waals surface area contributed by atoms with Crippen LogP contribution in [0.4, 0.5) is 5.69 Å². The average molecular weight is 280 g/mol. The SMILES string of the molecule is COC(=O)c1cncc(Oc2ccc(N)c(Cl)c2)n1. The second-order valence-corrected chi connectivity index (χ2v) is 3.93. The van der Waals surface area contributed by atoms with Gasteiger partial charge in [0, 0.05) is 6.07 Å². The highest BCUT2D eigenvalue weighted by Gasteiger charge is 2.10. The van der Waals surface area contributed by atoms with Crippen LogP contribution in [0.2, 0.25) is 5.02 Å². The number of carbonyl (C=O) groups excluding carboxylic acids is 1. The first-order chi connectivity index (χ1) is 9.10. The predicted octanol–water partition coefficient (Wildman–Crippen LogP) is 2.29. The fraction of sp³-hybridized carbons (Fsp3) is 0.0833. The Labute approximate surface area is 114 Å². The molecule has 2 rings (SSSR count). The third-order valence-electron chi connectivity index (χ3n) is 2.20. The van der Waals surface area contributed by atoms with Crippen molar-refractivity contribution >= 4 is 23.3 Å². The first-order valence-corrected chi connectivity index (χ1v) is 5.61. The summed E-state index contributed by atoms with van der Waals surface area (Å²) in [7, 11) is 1.26. The monoisotopic (exact) mass is 279 g/mol. The topological polar surface area (TPSA) is 87.3 Å². The molecule has 1 heterocycles. The van der Waals surface area contributed by atoms with Crippen molar-refractivity contribution in [2.24, 2.45) is 0 Å². The van der Waals surface area contributed by atoms with Crippen molar-refractivity contribution in [2.45, 2.75) is 0 Å². The number of hydrogen-bond acceptors (Lipinski definition) is 6. The van der Waals surface area contributed by atoms with Gasteiger partial charge in [-0.15, -0.1) is 0 Å². The minimum absolute atomic E-state index is 0.0570. The Balaban J connectivity index is 2.23. The first-order valence-electron chi connectivity index (χ1n) is 5.23. The summed E-state index contributed by atoms with van der Waals surface area (Å²) in [5.74, 6) is 0.00698. The lowest BCUT2D eigenvalue weighted by molar-refractivity contribution is 0.0592. The molecule has 2 N–H and O–H groups in total. The summed E-state index contributed by atoms with van der Waals surface area (Å²) in [4.78, 5) is 19.1. The number of halogens is 1. The highest BCUT2D eigenvalue weighted by molar-refractivity contribution is 6.33. The maximum absolute atomic E-state index is 11.3. The number of rotatable bonds is 3. The molecule has 0 atom stereocenters. The van der Waals surface area contributed by atoms with Crippen LogP contribution in [0, 0.1) is 0 Å². The molecule has 1 aromatic carbocycles. The molecule has 0 bridgehead atoms. The minimum Gasteiger partial charge on any atom is -0.464 e. The number of nitrogens with two attached hydrogens (primary N) is 1. The second-order valence-electron chi connectivity index (χ2n) is 3.52. The number of nitrogen functional groups attached to an aromatic ring is 1. The molecule has 19 heavy (non-hydrogen) atoms. The van der Waals surface area contributed by atoms with E-state index in [1.54, 1.807) is 18.2 Å². The Morgan fingerprint density at radius 3 is 2.84 bits per heavy atom. The Bertz CT molecular complexity index is 619. The molecule has 0 aliphatic heterocycles. The zero-order chi connectivity index (χ0) is 13.8. The molecule has 0 spiro atoms. The van der Waals surface area contributed by atoms with Gasteiger partial charge in [0.25, 0.3) is 0 Å². The van der Waals surface area contributed by atoms with Crippen LogP contribution in [-0.2, 0) is 4.74 Å². The van der Waals surface area contributed by atoms with Crippen LogP contribution in [0.15, 0.2) is 30.6 Å².